The van der Waals surface area contributed by atoms with Crippen molar-refractivity contribution in [3.05, 3.63) is 95.8 Å². The van der Waals surface area contributed by atoms with Gasteiger partial charge in [0.05, 0.1) is 11.1 Å². The lowest BCUT2D eigenvalue weighted by atomic mass is 9.95. The van der Waals surface area contributed by atoms with Crippen LogP contribution in [0.5, 0.6) is 5.75 Å². The van der Waals surface area contributed by atoms with Gasteiger partial charge in [-0.2, -0.15) is 0 Å². The summed E-state index contributed by atoms with van der Waals surface area (Å²) < 4.78 is 7.99. The number of fused-ring (bicyclic) bond motifs is 1. The van der Waals surface area contributed by atoms with Crippen molar-refractivity contribution in [2.24, 2.45) is 0 Å². The van der Waals surface area contributed by atoms with Crippen LogP contribution in [-0.2, 0) is 6.61 Å². The number of aromatic nitrogens is 1. The molecule has 29 heavy (non-hydrogen) atoms. The Morgan fingerprint density at radius 3 is 2.48 bits per heavy atom. The lowest BCUT2D eigenvalue weighted by Gasteiger charge is -2.15. The van der Waals surface area contributed by atoms with Crippen LogP contribution < -0.4 is 4.74 Å². The van der Waals surface area contributed by atoms with Gasteiger partial charge in [-0.05, 0) is 41.3 Å². The van der Waals surface area contributed by atoms with E-state index in [-0.39, 0.29) is 5.56 Å². The van der Waals surface area contributed by atoms with Gasteiger partial charge in [0.15, 0.2) is 0 Å². The molecule has 4 aromatic rings. The van der Waals surface area contributed by atoms with Crippen molar-refractivity contribution in [1.29, 1.82) is 0 Å². The first-order chi connectivity index (χ1) is 14.0. The highest BCUT2D eigenvalue weighted by molar-refractivity contribution is 6.04. The third-order valence-electron chi connectivity index (χ3n) is 5.10. The van der Waals surface area contributed by atoms with Crippen molar-refractivity contribution < 1.29 is 14.6 Å². The molecule has 0 atom stereocenters. The van der Waals surface area contributed by atoms with Gasteiger partial charge in [0.1, 0.15) is 12.4 Å². The molecule has 2 aromatic heterocycles. The summed E-state index contributed by atoms with van der Waals surface area (Å²) in [4.78, 5) is 12.1. The van der Waals surface area contributed by atoms with Gasteiger partial charge in [0.2, 0.25) is 0 Å². The van der Waals surface area contributed by atoms with Crippen molar-refractivity contribution >= 4 is 11.5 Å². The monoisotopic (exact) mass is 385 g/mol. The summed E-state index contributed by atoms with van der Waals surface area (Å²) in [6.45, 7) is 4.67. The van der Waals surface area contributed by atoms with E-state index in [1.54, 1.807) is 0 Å². The van der Waals surface area contributed by atoms with Crippen LogP contribution in [0.3, 0.4) is 0 Å². The number of carboxylic acid groups (broad SMARTS) is 1. The maximum Gasteiger partial charge on any atom is 0.338 e. The molecular formula is C25H23NO3. The predicted molar refractivity (Wildman–Crippen MR) is 115 cm³/mol. The average Bonchev–Trinajstić information content (AvgIpc) is 3.12. The van der Waals surface area contributed by atoms with Gasteiger partial charge in [-0.3, -0.25) is 0 Å². The zero-order valence-corrected chi connectivity index (χ0v) is 16.5. The van der Waals surface area contributed by atoms with Gasteiger partial charge >= 0.3 is 5.97 Å². The van der Waals surface area contributed by atoms with Crippen LogP contribution in [0, 0.1) is 0 Å². The van der Waals surface area contributed by atoms with E-state index in [1.165, 1.54) is 0 Å². The Hall–Kier alpha value is -3.53. The van der Waals surface area contributed by atoms with Crippen molar-refractivity contribution in [1.82, 2.24) is 4.40 Å². The second-order valence-corrected chi connectivity index (χ2v) is 7.40. The van der Waals surface area contributed by atoms with Crippen molar-refractivity contribution in [3.63, 3.8) is 0 Å². The highest BCUT2D eigenvalue weighted by atomic mass is 16.5. The topological polar surface area (TPSA) is 50.9 Å². The van der Waals surface area contributed by atoms with Crippen molar-refractivity contribution in [2.45, 2.75) is 26.4 Å². The predicted octanol–water partition coefficient (Wildman–Crippen LogP) is 6.01. The molecule has 0 amide bonds. The lowest BCUT2D eigenvalue weighted by Crippen LogP contribution is -2.01. The number of hydrogen-bond donors (Lipinski definition) is 1. The van der Waals surface area contributed by atoms with Crippen LogP contribution in [0.2, 0.25) is 0 Å². The van der Waals surface area contributed by atoms with E-state index in [4.69, 9.17) is 4.74 Å². The molecule has 0 aliphatic carbocycles. The maximum absolute atomic E-state index is 12.1. The number of rotatable bonds is 6. The van der Waals surface area contributed by atoms with Crippen LogP contribution in [0.25, 0.3) is 16.6 Å². The Morgan fingerprint density at radius 1 is 1.00 bits per heavy atom. The molecule has 0 aliphatic heterocycles. The summed E-state index contributed by atoms with van der Waals surface area (Å²) >= 11 is 0. The molecule has 1 N–H and O–H groups in total. The zero-order chi connectivity index (χ0) is 20.4. The number of hydrogen-bond acceptors (Lipinski definition) is 2. The molecule has 0 saturated heterocycles. The van der Waals surface area contributed by atoms with Crippen LogP contribution in [0.1, 0.15) is 41.3 Å². The molecule has 4 rings (SSSR count). The molecule has 0 unspecified atom stereocenters. The fraction of sp³-hybridized carbons (Fsp3) is 0.160. The fourth-order valence-electron chi connectivity index (χ4n) is 3.53. The smallest absolute Gasteiger partial charge is 0.338 e. The molecule has 0 aliphatic rings. The molecule has 0 radical (unpaired) electrons. The number of nitrogens with zero attached hydrogens (tertiary/aromatic N) is 1. The summed E-state index contributed by atoms with van der Waals surface area (Å²) in [6.07, 6.45) is 3.73. The molecular weight excluding hydrogens is 362 g/mol. The largest absolute Gasteiger partial charge is 0.488 e. The molecule has 0 saturated carbocycles. The maximum atomic E-state index is 12.1. The van der Waals surface area contributed by atoms with E-state index < -0.39 is 5.97 Å². The van der Waals surface area contributed by atoms with Crippen molar-refractivity contribution in [2.75, 3.05) is 0 Å². The first-order valence-electron chi connectivity index (χ1n) is 9.68. The summed E-state index contributed by atoms with van der Waals surface area (Å²) in [5.41, 5.74) is 4.61. The number of pyridine rings is 1. The first-order valence-corrected chi connectivity index (χ1v) is 9.68. The number of carbonyl (C=O) groups is 1. The van der Waals surface area contributed by atoms with E-state index in [0.29, 0.717) is 29.4 Å². The van der Waals surface area contributed by atoms with Gasteiger partial charge in [0, 0.05) is 23.5 Å². The summed E-state index contributed by atoms with van der Waals surface area (Å²) in [5.74, 6) is 0.0524. The zero-order valence-electron chi connectivity index (χ0n) is 16.5. The molecule has 0 bridgehead atoms. The minimum atomic E-state index is -0.947. The Labute approximate surface area is 170 Å². The molecule has 0 spiro atoms. The SMILES string of the molecule is CC(C)c1ccc(OCc2ccccc2)c(-c2cn3ccccc3c2C(=O)O)c1. The van der Waals surface area contributed by atoms with Gasteiger partial charge in [-0.1, -0.05) is 56.3 Å². The second kappa shape index (κ2) is 7.84. The summed E-state index contributed by atoms with van der Waals surface area (Å²) in [7, 11) is 0. The Morgan fingerprint density at radius 2 is 1.76 bits per heavy atom. The molecule has 4 nitrogen and oxygen atoms in total. The van der Waals surface area contributed by atoms with Crippen LogP contribution in [0.15, 0.2) is 79.1 Å². The van der Waals surface area contributed by atoms with Gasteiger partial charge < -0.3 is 14.2 Å². The van der Waals surface area contributed by atoms with Crippen molar-refractivity contribution in [3.8, 4) is 16.9 Å². The molecule has 2 heterocycles. The molecule has 2 aromatic carbocycles. The quantitative estimate of drug-likeness (QED) is 0.442. The normalized spacial score (nSPS) is 11.1. The molecule has 4 heteroatoms. The lowest BCUT2D eigenvalue weighted by molar-refractivity contribution is 0.0700. The number of carboxylic acids is 1. The van der Waals surface area contributed by atoms with Crippen LogP contribution in [0.4, 0.5) is 0 Å². The highest BCUT2D eigenvalue weighted by Gasteiger charge is 2.21. The minimum absolute atomic E-state index is 0.288. The van der Waals surface area contributed by atoms with Crippen LogP contribution >= 0.6 is 0 Å². The minimum Gasteiger partial charge on any atom is -0.488 e. The second-order valence-electron chi connectivity index (χ2n) is 7.40. The Kier molecular flexibility index (Phi) is 5.09. The third-order valence-corrected chi connectivity index (χ3v) is 5.10. The van der Waals surface area contributed by atoms with E-state index >= 15 is 0 Å². The van der Waals surface area contributed by atoms with Crippen LogP contribution in [-0.4, -0.2) is 15.5 Å². The van der Waals surface area contributed by atoms with Gasteiger partial charge in [0.25, 0.3) is 0 Å². The summed E-state index contributed by atoms with van der Waals surface area (Å²) in [5, 5.41) is 9.94. The standard InChI is InChI=1S/C25H23NO3/c1-17(2)19-11-12-23(29-16-18-8-4-3-5-9-18)20(14-19)21-15-26-13-7-6-10-22(26)24(21)25(27)28/h3-15,17H,16H2,1-2H3,(H,27,28). The summed E-state index contributed by atoms with van der Waals surface area (Å²) in [6, 6.07) is 21.5. The van der Waals surface area contributed by atoms with E-state index in [1.807, 2.05) is 83.5 Å². The van der Waals surface area contributed by atoms with E-state index in [0.717, 1.165) is 16.7 Å². The molecule has 0 fully saturated rings. The first kappa shape index (κ1) is 18.8. The number of benzene rings is 2. The highest BCUT2D eigenvalue weighted by Crippen LogP contribution is 2.37. The Bertz CT molecular complexity index is 1160. The number of aromatic carboxylic acids is 1. The van der Waals surface area contributed by atoms with Gasteiger partial charge in [-0.15, -0.1) is 0 Å². The molecule has 146 valence electrons. The fourth-order valence-corrected chi connectivity index (χ4v) is 3.53. The van der Waals surface area contributed by atoms with E-state index in [2.05, 4.69) is 13.8 Å². The Balaban J connectivity index is 1.85. The van der Waals surface area contributed by atoms with E-state index in [9.17, 15) is 9.90 Å². The average molecular weight is 385 g/mol. The third kappa shape index (κ3) is 3.74. The van der Waals surface area contributed by atoms with Gasteiger partial charge in [-0.25, -0.2) is 4.79 Å². The number of ether oxygens (including phenoxy) is 1.